The van der Waals surface area contributed by atoms with E-state index in [1.165, 1.54) is 10.4 Å². The highest BCUT2D eigenvalue weighted by molar-refractivity contribution is 5.75. The molecule has 1 unspecified atom stereocenters. The number of aromatic nitrogens is 5. The zero-order chi connectivity index (χ0) is 21.6. The largest absolute Gasteiger partial charge is 0.354 e. The Morgan fingerprint density at radius 3 is 2.58 bits per heavy atom. The molecule has 3 aromatic rings. The Morgan fingerprint density at radius 1 is 1.10 bits per heavy atom. The smallest absolute Gasteiger partial charge is 0.243 e. The van der Waals surface area contributed by atoms with E-state index in [0.717, 1.165) is 44.1 Å². The number of amides is 1. The fourth-order valence-electron chi connectivity index (χ4n) is 3.71. The molecule has 1 aliphatic rings. The van der Waals surface area contributed by atoms with Crippen molar-refractivity contribution in [2.75, 3.05) is 37.6 Å². The van der Waals surface area contributed by atoms with E-state index in [9.17, 15) is 4.79 Å². The van der Waals surface area contributed by atoms with Gasteiger partial charge in [0.25, 0.3) is 0 Å². The normalized spacial score (nSPS) is 15.6. The molecule has 162 valence electrons. The highest BCUT2D eigenvalue weighted by atomic mass is 16.2. The number of hydrogen-bond acceptors (Lipinski definition) is 7. The van der Waals surface area contributed by atoms with Gasteiger partial charge in [0.2, 0.25) is 11.7 Å². The molecule has 1 atom stereocenters. The maximum Gasteiger partial charge on any atom is 0.243 e. The average Bonchev–Trinajstić information content (AvgIpc) is 3.23. The lowest BCUT2D eigenvalue weighted by Crippen LogP contribution is -2.51. The van der Waals surface area contributed by atoms with Crippen molar-refractivity contribution in [3.05, 3.63) is 54.2 Å². The Bertz CT molecular complexity index is 980. The van der Waals surface area contributed by atoms with Gasteiger partial charge in [0.05, 0.1) is 0 Å². The van der Waals surface area contributed by atoms with E-state index in [0.29, 0.717) is 5.82 Å². The third-order valence-electron chi connectivity index (χ3n) is 5.33. The molecule has 0 radical (unpaired) electrons. The van der Waals surface area contributed by atoms with Crippen molar-refractivity contribution in [3.63, 3.8) is 0 Å². The molecule has 1 aromatic carbocycles. The van der Waals surface area contributed by atoms with E-state index < -0.39 is 0 Å². The van der Waals surface area contributed by atoms with Gasteiger partial charge < -0.3 is 10.2 Å². The summed E-state index contributed by atoms with van der Waals surface area (Å²) in [5.74, 6) is 1.42. The summed E-state index contributed by atoms with van der Waals surface area (Å²) in [6.45, 7) is 8.67. The van der Waals surface area contributed by atoms with Gasteiger partial charge in [-0.05, 0) is 31.2 Å². The summed E-state index contributed by atoms with van der Waals surface area (Å²) >= 11 is 0. The number of pyridine rings is 1. The van der Waals surface area contributed by atoms with Gasteiger partial charge in [-0.1, -0.05) is 35.9 Å². The van der Waals surface area contributed by atoms with E-state index in [4.69, 9.17) is 0 Å². The zero-order valence-electron chi connectivity index (χ0n) is 18.0. The molecule has 1 amide bonds. The lowest BCUT2D eigenvalue weighted by Gasteiger charge is -2.36. The molecule has 0 aliphatic carbocycles. The van der Waals surface area contributed by atoms with Crippen LogP contribution in [0.5, 0.6) is 0 Å². The Labute approximate surface area is 182 Å². The second-order valence-corrected chi connectivity index (χ2v) is 7.95. The van der Waals surface area contributed by atoms with Gasteiger partial charge in [-0.15, -0.1) is 10.2 Å². The predicted molar refractivity (Wildman–Crippen MR) is 118 cm³/mol. The summed E-state index contributed by atoms with van der Waals surface area (Å²) in [7, 11) is 0. The summed E-state index contributed by atoms with van der Waals surface area (Å²) < 4.78 is 0. The van der Waals surface area contributed by atoms with E-state index >= 15 is 0 Å². The van der Waals surface area contributed by atoms with Gasteiger partial charge in [0, 0.05) is 50.5 Å². The summed E-state index contributed by atoms with van der Waals surface area (Å²) in [6, 6.07) is 13.9. The molecular weight excluding hydrogens is 392 g/mol. The lowest BCUT2D eigenvalue weighted by atomic mass is 10.1. The second kappa shape index (κ2) is 9.65. The molecular formula is C22H28N8O. The molecule has 9 heteroatoms. The van der Waals surface area contributed by atoms with Gasteiger partial charge in [-0.2, -0.15) is 4.80 Å². The summed E-state index contributed by atoms with van der Waals surface area (Å²) in [5, 5.41) is 15.4. The first kappa shape index (κ1) is 20.9. The number of carbonyl (C=O) groups is 1. The highest BCUT2D eigenvalue weighted by Gasteiger charge is 2.20. The minimum absolute atomic E-state index is 0.0361. The van der Waals surface area contributed by atoms with Crippen LogP contribution >= 0.6 is 0 Å². The molecule has 3 heterocycles. The first-order valence-corrected chi connectivity index (χ1v) is 10.6. The number of nitrogens with one attached hydrogen (secondary N) is 1. The van der Waals surface area contributed by atoms with Crippen LogP contribution < -0.4 is 10.2 Å². The number of carbonyl (C=O) groups excluding carboxylic acids is 1. The molecule has 1 N–H and O–H groups in total. The molecule has 0 saturated carbocycles. The first-order chi connectivity index (χ1) is 15.1. The number of anilines is 1. The molecule has 4 rings (SSSR count). The predicted octanol–water partition coefficient (Wildman–Crippen LogP) is 1.37. The van der Waals surface area contributed by atoms with E-state index in [1.807, 2.05) is 62.5 Å². The zero-order valence-corrected chi connectivity index (χ0v) is 18.0. The van der Waals surface area contributed by atoms with Crippen molar-refractivity contribution < 1.29 is 4.79 Å². The average molecular weight is 421 g/mol. The fraction of sp³-hybridized carbons (Fsp3) is 0.409. The quantitative estimate of drug-likeness (QED) is 0.617. The number of nitrogens with zero attached hydrogens (tertiary/aromatic N) is 7. The van der Waals surface area contributed by atoms with Crippen LogP contribution in [-0.2, 0) is 11.3 Å². The van der Waals surface area contributed by atoms with Crippen LogP contribution in [0.2, 0.25) is 0 Å². The van der Waals surface area contributed by atoms with Crippen LogP contribution in [-0.4, -0.2) is 74.8 Å². The van der Waals surface area contributed by atoms with Gasteiger partial charge in [-0.3, -0.25) is 9.69 Å². The van der Waals surface area contributed by atoms with Crippen molar-refractivity contribution in [2.45, 2.75) is 26.4 Å². The number of benzene rings is 1. The molecule has 1 fully saturated rings. The number of tetrazole rings is 1. The van der Waals surface area contributed by atoms with Crippen molar-refractivity contribution >= 4 is 11.7 Å². The lowest BCUT2D eigenvalue weighted by molar-refractivity contribution is -0.122. The van der Waals surface area contributed by atoms with Gasteiger partial charge in [-0.25, -0.2) is 4.98 Å². The molecule has 0 bridgehead atoms. The number of hydrogen-bond donors (Lipinski definition) is 1. The Balaban J connectivity index is 1.22. The van der Waals surface area contributed by atoms with Crippen LogP contribution in [0, 0.1) is 6.92 Å². The van der Waals surface area contributed by atoms with Gasteiger partial charge >= 0.3 is 0 Å². The van der Waals surface area contributed by atoms with E-state index in [2.05, 4.69) is 35.5 Å². The highest BCUT2D eigenvalue weighted by Crippen LogP contribution is 2.14. The summed E-state index contributed by atoms with van der Waals surface area (Å²) in [4.78, 5) is 22.8. The third-order valence-corrected chi connectivity index (χ3v) is 5.33. The van der Waals surface area contributed by atoms with Crippen LogP contribution in [0.4, 0.5) is 5.82 Å². The fourth-order valence-corrected chi connectivity index (χ4v) is 3.71. The molecule has 2 aromatic heterocycles. The molecule has 9 nitrogen and oxygen atoms in total. The standard InChI is InChI=1S/C22H28N8O/c1-17-6-8-19(9-7-17)22-25-27-30(26-22)16-21(31)24-18(2)15-28-11-13-29(14-12-28)20-5-3-4-10-23-20/h3-10,18H,11-16H2,1-2H3,(H,24,31). The topological polar surface area (TPSA) is 92.1 Å². The van der Waals surface area contributed by atoms with Crippen molar-refractivity contribution in [1.29, 1.82) is 0 Å². The first-order valence-electron chi connectivity index (χ1n) is 10.6. The number of rotatable bonds is 7. The maximum atomic E-state index is 12.4. The van der Waals surface area contributed by atoms with Crippen LogP contribution in [0.15, 0.2) is 48.7 Å². The Morgan fingerprint density at radius 2 is 1.87 bits per heavy atom. The Hall–Kier alpha value is -3.33. The Kier molecular flexibility index (Phi) is 6.51. The van der Waals surface area contributed by atoms with Crippen LogP contribution in [0.1, 0.15) is 12.5 Å². The van der Waals surface area contributed by atoms with Gasteiger partial charge in [0.1, 0.15) is 12.4 Å². The molecule has 31 heavy (non-hydrogen) atoms. The van der Waals surface area contributed by atoms with Crippen LogP contribution in [0.3, 0.4) is 0 Å². The van der Waals surface area contributed by atoms with Crippen molar-refractivity contribution in [3.8, 4) is 11.4 Å². The molecule has 1 aliphatic heterocycles. The SMILES string of the molecule is Cc1ccc(-c2nnn(CC(=O)NC(C)CN3CCN(c4ccccn4)CC3)n2)cc1. The van der Waals surface area contributed by atoms with Crippen LogP contribution in [0.25, 0.3) is 11.4 Å². The van der Waals surface area contributed by atoms with E-state index in [1.54, 1.807) is 0 Å². The van der Waals surface area contributed by atoms with E-state index in [-0.39, 0.29) is 18.5 Å². The third kappa shape index (κ3) is 5.64. The van der Waals surface area contributed by atoms with Crippen molar-refractivity contribution in [1.82, 2.24) is 35.4 Å². The summed E-state index contributed by atoms with van der Waals surface area (Å²) in [5.41, 5.74) is 2.05. The minimum atomic E-state index is -0.118. The van der Waals surface area contributed by atoms with Gasteiger partial charge in [0.15, 0.2) is 0 Å². The monoisotopic (exact) mass is 420 g/mol. The molecule has 0 spiro atoms. The maximum absolute atomic E-state index is 12.4. The second-order valence-electron chi connectivity index (χ2n) is 7.95. The molecule has 1 saturated heterocycles. The number of piperazine rings is 1. The minimum Gasteiger partial charge on any atom is -0.354 e. The van der Waals surface area contributed by atoms with Crippen molar-refractivity contribution in [2.24, 2.45) is 0 Å². The number of aryl methyl sites for hydroxylation is 1. The summed E-state index contributed by atoms with van der Waals surface area (Å²) in [6.07, 6.45) is 1.83.